The Morgan fingerprint density at radius 1 is 0.821 bits per heavy atom. The van der Waals surface area contributed by atoms with Gasteiger partial charge in [0.15, 0.2) is 0 Å². The molecule has 4 aromatic rings. The van der Waals surface area contributed by atoms with Crippen LogP contribution in [0.2, 0.25) is 0 Å². The van der Waals surface area contributed by atoms with Crippen LogP contribution in [0.25, 0.3) is 29.1 Å². The Morgan fingerprint density at radius 2 is 1.46 bits per heavy atom. The van der Waals surface area contributed by atoms with Crippen molar-refractivity contribution in [3.8, 4) is 16.9 Å². The number of benzene rings is 3. The van der Waals surface area contributed by atoms with Gasteiger partial charge in [0, 0.05) is 17.7 Å². The lowest BCUT2D eigenvalue weighted by molar-refractivity contribution is -0.384. The maximum atomic E-state index is 10.9. The van der Waals surface area contributed by atoms with Crippen LogP contribution in [0.4, 0.5) is 5.69 Å². The largest absolute Gasteiger partial charge is 0.269 e. The van der Waals surface area contributed by atoms with E-state index in [4.69, 9.17) is 5.10 Å². The quantitative estimate of drug-likeness (QED) is 0.340. The average molecular weight is 367 g/mol. The lowest BCUT2D eigenvalue weighted by Gasteiger charge is -2.07. The maximum Gasteiger partial charge on any atom is 0.269 e. The second kappa shape index (κ2) is 7.72. The smallest absolute Gasteiger partial charge is 0.258 e. The first kappa shape index (κ1) is 17.4. The Morgan fingerprint density at radius 3 is 2.11 bits per heavy atom. The highest BCUT2D eigenvalue weighted by atomic mass is 16.6. The Labute approximate surface area is 162 Å². The van der Waals surface area contributed by atoms with Crippen LogP contribution in [-0.4, -0.2) is 14.7 Å². The van der Waals surface area contributed by atoms with Gasteiger partial charge in [0.2, 0.25) is 0 Å². The summed E-state index contributed by atoms with van der Waals surface area (Å²) in [6.45, 7) is 0. The lowest BCUT2D eigenvalue weighted by Crippen LogP contribution is -1.99. The van der Waals surface area contributed by atoms with E-state index in [2.05, 4.69) is 0 Å². The summed E-state index contributed by atoms with van der Waals surface area (Å²) in [5, 5.41) is 15.6. The fourth-order valence-electron chi connectivity index (χ4n) is 2.95. The van der Waals surface area contributed by atoms with E-state index in [1.54, 1.807) is 12.1 Å². The van der Waals surface area contributed by atoms with Crippen LogP contribution in [-0.2, 0) is 0 Å². The van der Waals surface area contributed by atoms with Gasteiger partial charge in [-0.2, -0.15) is 5.10 Å². The molecule has 0 radical (unpaired) electrons. The Kier molecular flexibility index (Phi) is 4.80. The topological polar surface area (TPSA) is 61.0 Å². The zero-order valence-electron chi connectivity index (χ0n) is 15.0. The normalized spacial score (nSPS) is 11.0. The minimum atomic E-state index is -0.404. The van der Waals surface area contributed by atoms with Gasteiger partial charge in [-0.05, 0) is 29.8 Å². The minimum Gasteiger partial charge on any atom is -0.258 e. The number of nitrogens with zero attached hydrogens (tertiary/aromatic N) is 3. The van der Waals surface area contributed by atoms with Crippen molar-refractivity contribution in [2.75, 3.05) is 0 Å². The van der Waals surface area contributed by atoms with Gasteiger partial charge in [0.05, 0.1) is 22.0 Å². The van der Waals surface area contributed by atoms with Crippen LogP contribution in [0.5, 0.6) is 0 Å². The molecule has 3 aromatic carbocycles. The number of nitro groups is 1. The number of nitro benzene ring substituents is 1. The van der Waals surface area contributed by atoms with E-state index in [-0.39, 0.29) is 5.69 Å². The van der Waals surface area contributed by atoms with Crippen molar-refractivity contribution in [2.45, 2.75) is 0 Å². The Balaban J connectivity index is 1.76. The average Bonchev–Trinajstić information content (AvgIpc) is 3.18. The fraction of sp³-hybridized carbons (Fsp3) is 0. The zero-order chi connectivity index (χ0) is 19.3. The van der Waals surface area contributed by atoms with E-state index in [9.17, 15) is 10.1 Å². The van der Waals surface area contributed by atoms with E-state index in [1.165, 1.54) is 12.1 Å². The number of hydrogen-bond acceptors (Lipinski definition) is 3. The third-order valence-corrected chi connectivity index (χ3v) is 4.35. The van der Waals surface area contributed by atoms with Crippen LogP contribution in [0, 0.1) is 10.1 Å². The fourth-order valence-corrected chi connectivity index (χ4v) is 2.95. The molecule has 1 heterocycles. The highest BCUT2D eigenvalue weighted by molar-refractivity contribution is 5.72. The molecule has 0 aliphatic heterocycles. The molecule has 0 fully saturated rings. The minimum absolute atomic E-state index is 0.0568. The summed E-state index contributed by atoms with van der Waals surface area (Å²) >= 11 is 0. The molecule has 0 unspecified atom stereocenters. The van der Waals surface area contributed by atoms with Crippen molar-refractivity contribution in [3.63, 3.8) is 0 Å². The molecule has 1 aromatic heterocycles. The second-order valence-electron chi connectivity index (χ2n) is 6.25. The highest BCUT2D eigenvalue weighted by Crippen LogP contribution is 2.26. The molecule has 28 heavy (non-hydrogen) atoms. The van der Waals surface area contributed by atoms with Crippen molar-refractivity contribution in [1.29, 1.82) is 0 Å². The first-order valence-corrected chi connectivity index (χ1v) is 8.84. The van der Waals surface area contributed by atoms with Gasteiger partial charge in [-0.25, -0.2) is 4.68 Å². The SMILES string of the molecule is O=[N+]([O-])c1ccc(-n2nc(C=Cc3ccccc3)cc2-c2ccccc2)cc1. The molecule has 0 aliphatic carbocycles. The summed E-state index contributed by atoms with van der Waals surface area (Å²) in [7, 11) is 0. The number of aromatic nitrogens is 2. The molecule has 0 aliphatic rings. The van der Waals surface area contributed by atoms with Crippen LogP contribution in [0.3, 0.4) is 0 Å². The van der Waals surface area contributed by atoms with E-state index in [0.29, 0.717) is 0 Å². The van der Waals surface area contributed by atoms with E-state index < -0.39 is 4.92 Å². The summed E-state index contributed by atoms with van der Waals surface area (Å²) in [6.07, 6.45) is 3.97. The maximum absolute atomic E-state index is 10.9. The van der Waals surface area contributed by atoms with Gasteiger partial charge < -0.3 is 0 Å². The van der Waals surface area contributed by atoms with Crippen LogP contribution < -0.4 is 0 Å². The van der Waals surface area contributed by atoms with Gasteiger partial charge in [-0.3, -0.25) is 10.1 Å². The first-order valence-electron chi connectivity index (χ1n) is 8.84. The van der Waals surface area contributed by atoms with Gasteiger partial charge in [-0.15, -0.1) is 0 Å². The predicted molar refractivity (Wildman–Crippen MR) is 111 cm³/mol. The standard InChI is InChI=1S/C23H17N3O2/c27-26(28)22-15-13-21(14-16-22)25-23(19-9-5-2-6-10-19)17-20(24-25)12-11-18-7-3-1-4-8-18/h1-17H. The lowest BCUT2D eigenvalue weighted by atomic mass is 10.1. The molecule has 5 heteroatoms. The van der Waals surface area contributed by atoms with E-state index >= 15 is 0 Å². The van der Waals surface area contributed by atoms with Crippen molar-refractivity contribution < 1.29 is 4.92 Å². The summed E-state index contributed by atoms with van der Waals surface area (Å²) in [5.74, 6) is 0. The molecule has 0 N–H and O–H groups in total. The molecule has 0 atom stereocenters. The summed E-state index contributed by atoms with van der Waals surface area (Å²) in [4.78, 5) is 10.5. The molecule has 0 spiro atoms. The van der Waals surface area contributed by atoms with Crippen molar-refractivity contribution in [2.24, 2.45) is 0 Å². The summed E-state index contributed by atoms with van der Waals surface area (Å²) in [6, 6.07) is 28.4. The van der Waals surface area contributed by atoms with E-state index in [1.807, 2.05) is 83.6 Å². The molecule has 0 saturated heterocycles. The molecule has 0 saturated carbocycles. The van der Waals surface area contributed by atoms with Crippen LogP contribution in [0.15, 0.2) is 91.0 Å². The van der Waals surface area contributed by atoms with Crippen molar-refractivity contribution in [3.05, 3.63) is 112 Å². The molecule has 4 rings (SSSR count). The third-order valence-electron chi connectivity index (χ3n) is 4.35. The molecular weight excluding hydrogens is 350 g/mol. The van der Waals surface area contributed by atoms with Crippen LogP contribution >= 0.6 is 0 Å². The molecule has 136 valence electrons. The second-order valence-corrected chi connectivity index (χ2v) is 6.25. The zero-order valence-corrected chi connectivity index (χ0v) is 15.0. The molecule has 0 amide bonds. The van der Waals surface area contributed by atoms with Gasteiger partial charge in [0.1, 0.15) is 0 Å². The predicted octanol–water partition coefficient (Wildman–Crippen LogP) is 5.62. The van der Waals surface area contributed by atoms with E-state index in [0.717, 1.165) is 28.2 Å². The number of hydrogen-bond donors (Lipinski definition) is 0. The van der Waals surface area contributed by atoms with Gasteiger partial charge in [-0.1, -0.05) is 66.7 Å². The monoisotopic (exact) mass is 367 g/mol. The molecule has 0 bridgehead atoms. The Hall–Kier alpha value is -3.99. The number of rotatable bonds is 5. The van der Waals surface area contributed by atoms with Crippen LogP contribution in [0.1, 0.15) is 11.3 Å². The Bertz CT molecular complexity index is 1120. The molecule has 5 nitrogen and oxygen atoms in total. The first-order chi connectivity index (χ1) is 13.7. The van der Waals surface area contributed by atoms with Gasteiger partial charge >= 0.3 is 0 Å². The van der Waals surface area contributed by atoms with Crippen molar-refractivity contribution >= 4 is 17.8 Å². The summed E-state index contributed by atoms with van der Waals surface area (Å²) < 4.78 is 1.81. The number of non-ortho nitro benzene ring substituents is 1. The van der Waals surface area contributed by atoms with Crippen molar-refractivity contribution in [1.82, 2.24) is 9.78 Å². The highest BCUT2D eigenvalue weighted by Gasteiger charge is 2.12. The summed E-state index contributed by atoms with van der Waals surface area (Å²) in [5.41, 5.74) is 4.66. The third kappa shape index (κ3) is 3.73. The van der Waals surface area contributed by atoms with Gasteiger partial charge in [0.25, 0.3) is 5.69 Å². The molecular formula is C23H17N3O2.